The molecular weight excluding hydrogens is 428 g/mol. The van der Waals surface area contributed by atoms with Crippen LogP contribution in [0.4, 0.5) is 22.9 Å². The van der Waals surface area contributed by atoms with E-state index in [1.165, 1.54) is 0 Å². The van der Waals surface area contributed by atoms with E-state index in [1.807, 2.05) is 35.9 Å². The predicted octanol–water partition coefficient (Wildman–Crippen LogP) is 4.30. The van der Waals surface area contributed by atoms with Crippen LogP contribution >= 0.6 is 0 Å². The van der Waals surface area contributed by atoms with Crippen molar-refractivity contribution in [1.29, 1.82) is 0 Å². The number of imidazole rings is 1. The molecule has 0 aliphatic carbocycles. The van der Waals surface area contributed by atoms with Gasteiger partial charge in [0.25, 0.3) is 0 Å². The number of anilines is 4. The Hall–Kier alpha value is -3.78. The van der Waals surface area contributed by atoms with Gasteiger partial charge in [0.05, 0.1) is 17.0 Å². The van der Waals surface area contributed by atoms with Gasteiger partial charge in [-0.05, 0) is 56.2 Å². The van der Waals surface area contributed by atoms with Crippen LogP contribution in [-0.2, 0) is 0 Å². The van der Waals surface area contributed by atoms with Crippen LogP contribution in [0.3, 0.4) is 0 Å². The first-order chi connectivity index (χ1) is 16.5. The Morgan fingerprint density at radius 1 is 1.12 bits per heavy atom. The van der Waals surface area contributed by atoms with Crippen molar-refractivity contribution in [1.82, 2.24) is 14.4 Å². The molecule has 0 radical (unpaired) electrons. The zero-order chi connectivity index (χ0) is 23.1. The Bertz CT molecular complexity index is 1320. The third-order valence-corrected chi connectivity index (χ3v) is 6.66. The summed E-state index contributed by atoms with van der Waals surface area (Å²) in [5.74, 6) is 1.54. The van der Waals surface area contributed by atoms with E-state index in [0.29, 0.717) is 12.4 Å². The molecule has 4 aromatic rings. The first kappa shape index (κ1) is 20.8. The number of rotatable bonds is 4. The molecule has 0 saturated carbocycles. The van der Waals surface area contributed by atoms with Crippen LogP contribution in [0.5, 0.6) is 5.75 Å². The van der Waals surface area contributed by atoms with Crippen molar-refractivity contribution in [2.75, 3.05) is 41.8 Å². The Kier molecular flexibility index (Phi) is 5.03. The maximum absolute atomic E-state index is 10.2. The van der Waals surface area contributed by atoms with E-state index < -0.39 is 5.60 Å². The van der Waals surface area contributed by atoms with Crippen molar-refractivity contribution >= 4 is 28.5 Å². The molecule has 6 rings (SSSR count). The lowest BCUT2D eigenvalue weighted by Gasteiger charge is -2.37. The van der Waals surface area contributed by atoms with Gasteiger partial charge >= 0.3 is 0 Å². The maximum Gasteiger partial charge on any atom is 0.180 e. The molecule has 4 heterocycles. The van der Waals surface area contributed by atoms with E-state index in [4.69, 9.17) is 9.72 Å². The zero-order valence-corrected chi connectivity index (χ0v) is 19.2. The average Bonchev–Trinajstić information content (AvgIpc) is 3.34. The number of nitrogens with one attached hydrogen (secondary N) is 2. The molecule has 2 aliphatic rings. The molecule has 8 nitrogen and oxygen atoms in total. The van der Waals surface area contributed by atoms with Gasteiger partial charge in [-0.15, -0.1) is 0 Å². The summed E-state index contributed by atoms with van der Waals surface area (Å²) >= 11 is 0. The molecule has 174 valence electrons. The quantitative estimate of drug-likeness (QED) is 0.422. The molecule has 0 bridgehead atoms. The van der Waals surface area contributed by atoms with Gasteiger partial charge in [0.1, 0.15) is 12.4 Å². The average molecular weight is 457 g/mol. The van der Waals surface area contributed by atoms with Crippen LogP contribution < -0.4 is 20.3 Å². The highest BCUT2D eigenvalue weighted by Gasteiger charge is 2.27. The molecule has 1 saturated heterocycles. The molecule has 8 heteroatoms. The van der Waals surface area contributed by atoms with Crippen LogP contribution in [0.15, 0.2) is 61.1 Å². The minimum absolute atomic E-state index is 0.551. The Balaban J connectivity index is 1.27. The molecule has 0 unspecified atom stereocenters. The van der Waals surface area contributed by atoms with Crippen LogP contribution in [-0.4, -0.2) is 51.3 Å². The number of benzene rings is 2. The molecular formula is C26H28N6O2. The van der Waals surface area contributed by atoms with Crippen molar-refractivity contribution in [3.05, 3.63) is 61.1 Å². The molecule has 1 fully saturated rings. The minimum atomic E-state index is -0.551. The second-order valence-electron chi connectivity index (χ2n) is 9.27. The van der Waals surface area contributed by atoms with E-state index in [1.54, 1.807) is 6.20 Å². The molecule has 34 heavy (non-hydrogen) atoms. The molecule has 2 aromatic carbocycles. The van der Waals surface area contributed by atoms with Gasteiger partial charge in [-0.2, -0.15) is 0 Å². The van der Waals surface area contributed by atoms with Gasteiger partial charge < -0.3 is 29.8 Å². The highest BCUT2D eigenvalue weighted by Crippen LogP contribution is 2.33. The fourth-order valence-corrected chi connectivity index (χ4v) is 4.59. The van der Waals surface area contributed by atoms with Gasteiger partial charge in [0, 0.05) is 55.2 Å². The van der Waals surface area contributed by atoms with E-state index in [-0.39, 0.29) is 0 Å². The summed E-state index contributed by atoms with van der Waals surface area (Å²) in [6.07, 6.45) is 7.26. The number of fused-ring (bicyclic) bond motifs is 2. The van der Waals surface area contributed by atoms with Gasteiger partial charge in [-0.3, -0.25) is 0 Å². The first-order valence-corrected chi connectivity index (χ1v) is 11.7. The summed E-state index contributed by atoms with van der Waals surface area (Å²) in [7, 11) is 0. The summed E-state index contributed by atoms with van der Waals surface area (Å²) in [5.41, 5.74) is 5.15. The molecule has 0 amide bonds. The number of hydrogen-bond donors (Lipinski definition) is 3. The topological polar surface area (TPSA) is 87.0 Å². The fourth-order valence-electron chi connectivity index (χ4n) is 4.59. The summed E-state index contributed by atoms with van der Waals surface area (Å²) in [4.78, 5) is 11.7. The Morgan fingerprint density at radius 3 is 2.76 bits per heavy atom. The number of nitrogens with zero attached hydrogens (tertiary/aromatic N) is 4. The summed E-state index contributed by atoms with van der Waals surface area (Å²) in [6.45, 7) is 5.11. The SMILES string of the molecule is CC1(O)CCN(c2ccc(Nc3nc(-c4ccc5c(c4)OCCN5)cn4ccnc34)cc2)CC1. The number of ether oxygens (including phenoxy) is 1. The van der Waals surface area contributed by atoms with Gasteiger partial charge in [-0.25, -0.2) is 9.97 Å². The summed E-state index contributed by atoms with van der Waals surface area (Å²) < 4.78 is 7.80. The second-order valence-corrected chi connectivity index (χ2v) is 9.27. The molecule has 3 N–H and O–H groups in total. The van der Waals surface area contributed by atoms with Crippen LogP contribution in [0.25, 0.3) is 16.9 Å². The smallest absolute Gasteiger partial charge is 0.180 e. The Labute approximate surface area is 198 Å². The van der Waals surface area contributed by atoms with E-state index in [9.17, 15) is 5.11 Å². The van der Waals surface area contributed by atoms with E-state index >= 15 is 0 Å². The van der Waals surface area contributed by atoms with Crippen LogP contribution in [0.1, 0.15) is 19.8 Å². The summed E-state index contributed by atoms with van der Waals surface area (Å²) in [5, 5.41) is 17.0. The predicted molar refractivity (Wildman–Crippen MR) is 134 cm³/mol. The van der Waals surface area contributed by atoms with Crippen molar-refractivity contribution in [2.24, 2.45) is 0 Å². The van der Waals surface area contributed by atoms with Crippen molar-refractivity contribution in [3.63, 3.8) is 0 Å². The lowest BCUT2D eigenvalue weighted by Crippen LogP contribution is -2.42. The van der Waals surface area contributed by atoms with Crippen LogP contribution in [0, 0.1) is 0 Å². The van der Waals surface area contributed by atoms with Crippen molar-refractivity contribution in [3.8, 4) is 17.0 Å². The fraction of sp³-hybridized carbons (Fsp3) is 0.308. The number of aromatic nitrogens is 3. The van der Waals surface area contributed by atoms with Crippen molar-refractivity contribution in [2.45, 2.75) is 25.4 Å². The molecule has 2 aliphatic heterocycles. The lowest BCUT2D eigenvalue weighted by atomic mass is 9.93. The number of hydrogen-bond acceptors (Lipinski definition) is 7. The lowest BCUT2D eigenvalue weighted by molar-refractivity contribution is 0.0351. The standard InChI is InChI=1S/C26H28N6O2/c1-26(33)8-12-31(13-9-26)20-5-3-19(4-6-20)29-24-25-28-10-14-32(25)17-22(30-24)18-2-7-21-23(16-18)34-15-11-27-21/h2-7,10,14,16-17,27,33H,8-9,11-13,15H2,1H3,(H,29,30). The molecule has 0 spiro atoms. The molecule has 0 atom stereocenters. The largest absolute Gasteiger partial charge is 0.490 e. The van der Waals surface area contributed by atoms with E-state index in [2.05, 4.69) is 50.8 Å². The zero-order valence-electron chi connectivity index (χ0n) is 19.2. The summed E-state index contributed by atoms with van der Waals surface area (Å²) in [6, 6.07) is 14.5. The highest BCUT2D eigenvalue weighted by atomic mass is 16.5. The highest BCUT2D eigenvalue weighted by molar-refractivity contribution is 5.76. The van der Waals surface area contributed by atoms with E-state index in [0.717, 1.165) is 72.2 Å². The van der Waals surface area contributed by atoms with Gasteiger partial charge in [0.15, 0.2) is 11.5 Å². The van der Waals surface area contributed by atoms with Crippen LogP contribution in [0.2, 0.25) is 0 Å². The van der Waals surface area contributed by atoms with Gasteiger partial charge in [0.2, 0.25) is 0 Å². The molecule has 2 aromatic heterocycles. The third kappa shape index (κ3) is 4.01. The maximum atomic E-state index is 10.2. The third-order valence-electron chi connectivity index (χ3n) is 6.66. The van der Waals surface area contributed by atoms with Gasteiger partial charge in [-0.1, -0.05) is 6.07 Å². The normalized spacial score (nSPS) is 17.1. The minimum Gasteiger partial charge on any atom is -0.490 e. The van der Waals surface area contributed by atoms with Crippen molar-refractivity contribution < 1.29 is 9.84 Å². The second kappa shape index (κ2) is 8.22. The monoisotopic (exact) mass is 456 g/mol. The first-order valence-electron chi connectivity index (χ1n) is 11.7. The number of aliphatic hydroxyl groups is 1. The Morgan fingerprint density at radius 2 is 1.94 bits per heavy atom. The number of piperidine rings is 1.